The molecule has 0 aliphatic carbocycles. The largest absolute Gasteiger partial charge is 0.381 e. The molecule has 0 atom stereocenters. The second kappa shape index (κ2) is 7.41. The van der Waals surface area contributed by atoms with Crippen molar-refractivity contribution in [2.75, 3.05) is 19.8 Å². The van der Waals surface area contributed by atoms with Crippen molar-refractivity contribution in [2.24, 2.45) is 5.92 Å². The maximum atomic E-state index is 12.4. The van der Waals surface area contributed by atoms with Crippen LogP contribution in [0.5, 0.6) is 0 Å². The van der Waals surface area contributed by atoms with E-state index in [0.29, 0.717) is 0 Å². The van der Waals surface area contributed by atoms with Crippen molar-refractivity contribution in [3.05, 3.63) is 48.0 Å². The summed E-state index contributed by atoms with van der Waals surface area (Å²) in [6.45, 7) is 2.54. The SMILES string of the molecule is O=C(NCCCC1CCOCC1)c1cccc2ccccc12. The molecular weight excluding hydrogens is 274 g/mol. The van der Waals surface area contributed by atoms with Gasteiger partial charge in [0, 0.05) is 25.3 Å². The van der Waals surface area contributed by atoms with Crippen molar-refractivity contribution in [2.45, 2.75) is 25.7 Å². The molecule has 3 heteroatoms. The molecule has 0 radical (unpaired) electrons. The summed E-state index contributed by atoms with van der Waals surface area (Å²) < 4.78 is 5.37. The molecule has 0 saturated carbocycles. The molecule has 3 rings (SSSR count). The Morgan fingerprint density at radius 2 is 1.86 bits per heavy atom. The first-order valence-corrected chi connectivity index (χ1v) is 8.18. The van der Waals surface area contributed by atoms with E-state index in [1.807, 2.05) is 42.5 Å². The normalized spacial score (nSPS) is 15.8. The molecular formula is C19H23NO2. The number of benzene rings is 2. The Hall–Kier alpha value is -1.87. The van der Waals surface area contributed by atoms with Crippen molar-refractivity contribution in [3.63, 3.8) is 0 Å². The lowest BCUT2D eigenvalue weighted by Crippen LogP contribution is -2.25. The first kappa shape index (κ1) is 15.0. The molecule has 0 unspecified atom stereocenters. The number of hydrogen-bond donors (Lipinski definition) is 1. The zero-order chi connectivity index (χ0) is 15.2. The third kappa shape index (κ3) is 3.66. The molecule has 116 valence electrons. The summed E-state index contributed by atoms with van der Waals surface area (Å²) in [6, 6.07) is 13.9. The van der Waals surface area contributed by atoms with Crippen LogP contribution < -0.4 is 5.32 Å². The van der Waals surface area contributed by atoms with E-state index < -0.39 is 0 Å². The summed E-state index contributed by atoms with van der Waals surface area (Å²) in [5.74, 6) is 0.798. The fraction of sp³-hybridized carbons (Fsp3) is 0.421. The minimum absolute atomic E-state index is 0.0313. The van der Waals surface area contributed by atoms with E-state index in [-0.39, 0.29) is 5.91 Å². The van der Waals surface area contributed by atoms with Gasteiger partial charge < -0.3 is 10.1 Å². The van der Waals surface area contributed by atoms with Gasteiger partial charge in [-0.2, -0.15) is 0 Å². The minimum atomic E-state index is 0.0313. The number of ether oxygens (including phenoxy) is 1. The van der Waals surface area contributed by atoms with Gasteiger partial charge in [-0.05, 0) is 48.4 Å². The Bertz CT molecular complexity index is 627. The van der Waals surface area contributed by atoms with Gasteiger partial charge in [0.2, 0.25) is 0 Å². The van der Waals surface area contributed by atoms with Crippen LogP contribution in [0.2, 0.25) is 0 Å². The fourth-order valence-corrected chi connectivity index (χ4v) is 3.15. The van der Waals surface area contributed by atoms with Crippen LogP contribution in [0.1, 0.15) is 36.0 Å². The molecule has 2 aromatic rings. The number of fused-ring (bicyclic) bond motifs is 1. The molecule has 1 saturated heterocycles. The molecule has 3 nitrogen and oxygen atoms in total. The highest BCUT2D eigenvalue weighted by Gasteiger charge is 2.13. The molecule has 1 heterocycles. The van der Waals surface area contributed by atoms with Crippen molar-refractivity contribution in [1.82, 2.24) is 5.32 Å². The number of carbonyl (C=O) groups excluding carboxylic acids is 1. The number of amides is 1. The third-order valence-electron chi connectivity index (χ3n) is 4.45. The third-order valence-corrected chi connectivity index (χ3v) is 4.45. The van der Waals surface area contributed by atoms with Crippen LogP contribution >= 0.6 is 0 Å². The van der Waals surface area contributed by atoms with E-state index in [1.54, 1.807) is 0 Å². The summed E-state index contributed by atoms with van der Waals surface area (Å²) in [5, 5.41) is 5.19. The highest BCUT2D eigenvalue weighted by atomic mass is 16.5. The molecule has 1 N–H and O–H groups in total. The van der Waals surface area contributed by atoms with Gasteiger partial charge in [0.05, 0.1) is 0 Å². The molecule has 0 aromatic heterocycles. The van der Waals surface area contributed by atoms with Crippen LogP contribution in [-0.4, -0.2) is 25.7 Å². The molecule has 22 heavy (non-hydrogen) atoms. The molecule has 0 bridgehead atoms. The summed E-state index contributed by atoms with van der Waals surface area (Å²) in [4.78, 5) is 12.4. The Balaban J connectivity index is 1.53. The Morgan fingerprint density at radius 3 is 2.73 bits per heavy atom. The van der Waals surface area contributed by atoms with Crippen molar-refractivity contribution in [3.8, 4) is 0 Å². The number of nitrogens with one attached hydrogen (secondary N) is 1. The highest BCUT2D eigenvalue weighted by molar-refractivity contribution is 6.06. The first-order valence-electron chi connectivity index (χ1n) is 8.18. The van der Waals surface area contributed by atoms with Gasteiger partial charge >= 0.3 is 0 Å². The van der Waals surface area contributed by atoms with Gasteiger partial charge in [-0.15, -0.1) is 0 Å². The van der Waals surface area contributed by atoms with Crippen molar-refractivity contribution < 1.29 is 9.53 Å². The van der Waals surface area contributed by atoms with Crippen LogP contribution in [0.25, 0.3) is 10.8 Å². The Kier molecular flexibility index (Phi) is 5.07. The van der Waals surface area contributed by atoms with Gasteiger partial charge in [-0.1, -0.05) is 36.4 Å². The Morgan fingerprint density at radius 1 is 1.09 bits per heavy atom. The topological polar surface area (TPSA) is 38.3 Å². The van der Waals surface area contributed by atoms with E-state index in [2.05, 4.69) is 5.32 Å². The lowest BCUT2D eigenvalue weighted by atomic mass is 9.95. The second-order valence-corrected chi connectivity index (χ2v) is 5.98. The lowest BCUT2D eigenvalue weighted by Gasteiger charge is -2.21. The number of rotatable bonds is 5. The predicted molar refractivity (Wildman–Crippen MR) is 89.1 cm³/mol. The van der Waals surface area contributed by atoms with E-state index in [1.165, 1.54) is 6.42 Å². The summed E-state index contributed by atoms with van der Waals surface area (Å²) in [7, 11) is 0. The van der Waals surface area contributed by atoms with Crippen LogP contribution in [0.3, 0.4) is 0 Å². The van der Waals surface area contributed by atoms with E-state index in [4.69, 9.17) is 4.74 Å². The maximum Gasteiger partial charge on any atom is 0.251 e. The monoisotopic (exact) mass is 297 g/mol. The lowest BCUT2D eigenvalue weighted by molar-refractivity contribution is 0.0631. The van der Waals surface area contributed by atoms with Gasteiger partial charge in [0.15, 0.2) is 0 Å². The van der Waals surface area contributed by atoms with Gasteiger partial charge in [0.1, 0.15) is 0 Å². The van der Waals surface area contributed by atoms with Crippen LogP contribution in [0.15, 0.2) is 42.5 Å². The van der Waals surface area contributed by atoms with E-state index in [0.717, 1.165) is 61.3 Å². The van der Waals surface area contributed by atoms with E-state index in [9.17, 15) is 4.79 Å². The van der Waals surface area contributed by atoms with Crippen molar-refractivity contribution >= 4 is 16.7 Å². The zero-order valence-electron chi connectivity index (χ0n) is 12.9. The number of hydrogen-bond acceptors (Lipinski definition) is 2. The highest BCUT2D eigenvalue weighted by Crippen LogP contribution is 2.20. The quantitative estimate of drug-likeness (QED) is 0.853. The number of carbonyl (C=O) groups is 1. The van der Waals surface area contributed by atoms with Crippen LogP contribution in [0, 0.1) is 5.92 Å². The smallest absolute Gasteiger partial charge is 0.251 e. The fourth-order valence-electron chi connectivity index (χ4n) is 3.15. The summed E-state index contributed by atoms with van der Waals surface area (Å²) in [6.07, 6.45) is 4.55. The first-order chi connectivity index (χ1) is 10.8. The average molecular weight is 297 g/mol. The zero-order valence-corrected chi connectivity index (χ0v) is 12.9. The van der Waals surface area contributed by atoms with Gasteiger partial charge in [0.25, 0.3) is 5.91 Å². The van der Waals surface area contributed by atoms with Crippen LogP contribution in [0.4, 0.5) is 0 Å². The van der Waals surface area contributed by atoms with E-state index >= 15 is 0 Å². The molecule has 1 aliphatic rings. The van der Waals surface area contributed by atoms with Gasteiger partial charge in [-0.25, -0.2) is 0 Å². The van der Waals surface area contributed by atoms with Gasteiger partial charge in [-0.3, -0.25) is 4.79 Å². The second-order valence-electron chi connectivity index (χ2n) is 5.98. The van der Waals surface area contributed by atoms with Crippen LogP contribution in [-0.2, 0) is 4.74 Å². The summed E-state index contributed by atoms with van der Waals surface area (Å²) >= 11 is 0. The molecule has 1 fully saturated rings. The van der Waals surface area contributed by atoms with Crippen molar-refractivity contribution in [1.29, 1.82) is 0 Å². The predicted octanol–water partition coefficient (Wildman–Crippen LogP) is 3.78. The maximum absolute atomic E-state index is 12.4. The summed E-state index contributed by atoms with van der Waals surface area (Å²) in [5.41, 5.74) is 0.768. The standard InChI is InChI=1S/C19H23NO2/c21-19(20-12-4-5-15-10-13-22-14-11-15)18-9-3-7-16-6-1-2-8-17(16)18/h1-3,6-9,15H,4-5,10-14H2,(H,20,21). The molecule has 0 spiro atoms. The minimum Gasteiger partial charge on any atom is -0.381 e. The molecule has 1 amide bonds. The Labute approximate surface area is 131 Å². The molecule has 1 aliphatic heterocycles. The molecule has 2 aromatic carbocycles. The average Bonchev–Trinajstić information content (AvgIpc) is 2.59.